The Morgan fingerprint density at radius 3 is 2.28 bits per heavy atom. The third-order valence-corrected chi connectivity index (χ3v) is 4.83. The fourth-order valence-corrected chi connectivity index (χ4v) is 3.16. The lowest BCUT2D eigenvalue weighted by atomic mass is 10.1. The number of esters is 1. The first-order valence-electron chi connectivity index (χ1n) is 9.18. The molecule has 0 radical (unpaired) electrons. The molecular formula is C21H23Cl2NO5. The molecule has 2 atom stereocenters. The van der Waals surface area contributed by atoms with Crippen molar-refractivity contribution in [3.8, 4) is 5.75 Å². The van der Waals surface area contributed by atoms with Gasteiger partial charge < -0.3 is 20.3 Å². The van der Waals surface area contributed by atoms with Gasteiger partial charge in [0.25, 0.3) is 0 Å². The number of carboxylic acids is 1. The Kier molecular flexibility index (Phi) is 8.76. The number of benzene rings is 2. The molecule has 6 nitrogen and oxygen atoms in total. The number of carboxylic acid groups (broad SMARTS) is 1. The third kappa shape index (κ3) is 6.63. The van der Waals surface area contributed by atoms with E-state index in [2.05, 4.69) is 0 Å². The summed E-state index contributed by atoms with van der Waals surface area (Å²) in [6.07, 6.45) is 0.646. The van der Waals surface area contributed by atoms with Crippen LogP contribution in [0.3, 0.4) is 0 Å². The average molecular weight is 440 g/mol. The molecule has 0 saturated heterocycles. The lowest BCUT2D eigenvalue weighted by molar-refractivity contribution is -0.152. The number of carbonyl (C=O) groups excluding carboxylic acids is 1. The molecule has 0 heterocycles. The van der Waals surface area contributed by atoms with Crippen LogP contribution in [0.2, 0.25) is 10.0 Å². The number of unbranched alkanes of at least 4 members (excludes halogenated alkanes) is 1. The Morgan fingerprint density at radius 1 is 1.10 bits per heavy atom. The Bertz CT molecular complexity index is 821. The van der Waals surface area contributed by atoms with Crippen molar-refractivity contribution in [3.63, 3.8) is 0 Å². The molecule has 2 aromatic carbocycles. The maximum absolute atomic E-state index is 12.7. The topological polar surface area (TPSA) is 98.9 Å². The first kappa shape index (κ1) is 23.0. The fourth-order valence-electron chi connectivity index (χ4n) is 2.56. The number of rotatable bonds is 10. The highest BCUT2D eigenvalue weighted by Gasteiger charge is 2.29. The van der Waals surface area contributed by atoms with E-state index < -0.39 is 24.1 Å². The van der Waals surface area contributed by atoms with Gasteiger partial charge >= 0.3 is 11.9 Å². The molecule has 29 heavy (non-hydrogen) atoms. The molecule has 0 aliphatic rings. The van der Waals surface area contributed by atoms with Crippen LogP contribution in [0, 0.1) is 0 Å². The van der Waals surface area contributed by atoms with E-state index in [1.54, 1.807) is 42.5 Å². The molecule has 0 aliphatic carbocycles. The molecule has 0 spiro atoms. The van der Waals surface area contributed by atoms with E-state index in [1.807, 2.05) is 6.92 Å². The zero-order valence-electron chi connectivity index (χ0n) is 15.9. The van der Waals surface area contributed by atoms with Crippen molar-refractivity contribution in [2.45, 2.75) is 38.3 Å². The Labute approximate surface area is 179 Å². The highest BCUT2D eigenvalue weighted by atomic mass is 35.5. The summed E-state index contributed by atoms with van der Waals surface area (Å²) in [6.45, 7) is 2.26. The largest absolute Gasteiger partial charge is 0.480 e. The van der Waals surface area contributed by atoms with E-state index in [4.69, 9.17) is 43.5 Å². The van der Waals surface area contributed by atoms with Gasteiger partial charge in [0.2, 0.25) is 6.10 Å². The molecule has 0 aromatic heterocycles. The number of nitrogens with two attached hydrogens (primary N) is 1. The van der Waals surface area contributed by atoms with E-state index in [0.29, 0.717) is 21.4 Å². The normalized spacial score (nSPS) is 12.8. The van der Waals surface area contributed by atoms with Crippen molar-refractivity contribution in [2.75, 3.05) is 6.61 Å². The lowest BCUT2D eigenvalue weighted by Gasteiger charge is -2.20. The smallest absolute Gasteiger partial charge is 0.352 e. The van der Waals surface area contributed by atoms with E-state index >= 15 is 0 Å². The maximum atomic E-state index is 12.7. The van der Waals surface area contributed by atoms with Gasteiger partial charge in [-0.15, -0.1) is 0 Å². The summed E-state index contributed by atoms with van der Waals surface area (Å²) in [6, 6.07) is 10.5. The molecule has 8 heteroatoms. The molecule has 3 N–H and O–H groups in total. The van der Waals surface area contributed by atoms with Crippen molar-refractivity contribution < 1.29 is 24.2 Å². The number of aliphatic carboxylic acids is 1. The van der Waals surface area contributed by atoms with Gasteiger partial charge in [0.15, 0.2) is 0 Å². The quantitative estimate of drug-likeness (QED) is 0.420. The molecule has 0 fully saturated rings. The molecule has 2 rings (SSSR count). The van der Waals surface area contributed by atoms with Crippen LogP contribution in [0.1, 0.15) is 37.0 Å². The Hall–Kier alpha value is -2.28. The van der Waals surface area contributed by atoms with Gasteiger partial charge in [-0.2, -0.15) is 0 Å². The third-order valence-electron chi connectivity index (χ3n) is 4.17. The summed E-state index contributed by atoms with van der Waals surface area (Å²) in [4.78, 5) is 23.6. The van der Waals surface area contributed by atoms with E-state index in [1.165, 1.54) is 0 Å². The van der Waals surface area contributed by atoms with Crippen LogP contribution in [0.5, 0.6) is 5.75 Å². The minimum atomic E-state index is -1.14. The number of halogens is 2. The van der Waals surface area contributed by atoms with Gasteiger partial charge in [0, 0.05) is 15.6 Å². The van der Waals surface area contributed by atoms with E-state index in [9.17, 15) is 9.59 Å². The molecule has 0 aliphatic heterocycles. The molecule has 156 valence electrons. The highest BCUT2D eigenvalue weighted by molar-refractivity contribution is 6.36. The predicted octanol–water partition coefficient (Wildman–Crippen LogP) is 4.41. The number of hydrogen-bond donors (Lipinski definition) is 2. The predicted molar refractivity (Wildman–Crippen MR) is 111 cm³/mol. The molecule has 0 saturated carbocycles. The van der Waals surface area contributed by atoms with Crippen LogP contribution in [-0.2, 0) is 20.7 Å². The summed E-state index contributed by atoms with van der Waals surface area (Å²) in [5.41, 5.74) is 6.61. The zero-order valence-corrected chi connectivity index (χ0v) is 17.4. The Balaban J connectivity index is 2.23. The second-order valence-corrected chi connectivity index (χ2v) is 7.26. The second-order valence-electron chi connectivity index (χ2n) is 6.45. The fraction of sp³-hybridized carbons (Fsp3) is 0.333. The summed E-state index contributed by atoms with van der Waals surface area (Å²) >= 11 is 12.5. The monoisotopic (exact) mass is 439 g/mol. The van der Waals surface area contributed by atoms with Crippen LogP contribution < -0.4 is 10.5 Å². The van der Waals surface area contributed by atoms with Crippen molar-refractivity contribution in [3.05, 3.63) is 63.6 Å². The van der Waals surface area contributed by atoms with Crippen molar-refractivity contribution in [2.24, 2.45) is 5.73 Å². The minimum absolute atomic E-state index is 0.175. The first-order chi connectivity index (χ1) is 13.8. The van der Waals surface area contributed by atoms with Gasteiger partial charge in [0.05, 0.1) is 6.61 Å². The van der Waals surface area contributed by atoms with Crippen molar-refractivity contribution in [1.82, 2.24) is 0 Å². The molecule has 0 bridgehead atoms. The summed E-state index contributed by atoms with van der Waals surface area (Å²) in [5.74, 6) is -1.29. The number of hydrogen-bond acceptors (Lipinski definition) is 5. The SMILES string of the molecule is CCCCOC(=O)C(Oc1ccc(C[C@H](N)C(=O)O)cc1)c1c(Cl)cccc1Cl. The average Bonchev–Trinajstić information content (AvgIpc) is 2.68. The standard InChI is InChI=1S/C21H23Cl2NO5/c1-2-3-11-28-21(27)19(18-15(22)5-4-6-16(18)23)29-14-9-7-13(8-10-14)12-17(24)20(25)26/h4-10,17,19H,2-3,11-12,24H2,1H3,(H,25,26)/t17-,19?/m0/s1. The van der Waals surface area contributed by atoms with Crippen molar-refractivity contribution >= 4 is 35.1 Å². The van der Waals surface area contributed by atoms with Gasteiger partial charge in [-0.3, -0.25) is 4.79 Å². The number of ether oxygens (including phenoxy) is 2. The maximum Gasteiger partial charge on any atom is 0.352 e. The molecule has 1 unspecified atom stereocenters. The van der Waals surface area contributed by atoms with Gasteiger partial charge in [-0.05, 0) is 42.7 Å². The first-order valence-corrected chi connectivity index (χ1v) is 9.93. The molecule has 2 aromatic rings. The molecular weight excluding hydrogens is 417 g/mol. The van der Waals surface area contributed by atoms with Crippen molar-refractivity contribution in [1.29, 1.82) is 0 Å². The van der Waals surface area contributed by atoms with Crippen LogP contribution in [-0.4, -0.2) is 29.7 Å². The zero-order chi connectivity index (χ0) is 21.4. The van der Waals surface area contributed by atoms with Crippen LogP contribution >= 0.6 is 23.2 Å². The van der Waals surface area contributed by atoms with Gasteiger partial charge in [0.1, 0.15) is 11.8 Å². The Morgan fingerprint density at radius 2 is 1.72 bits per heavy atom. The summed E-state index contributed by atoms with van der Waals surface area (Å²) in [5, 5.41) is 9.50. The summed E-state index contributed by atoms with van der Waals surface area (Å²) < 4.78 is 11.2. The van der Waals surface area contributed by atoms with Gasteiger partial charge in [-0.1, -0.05) is 54.7 Å². The van der Waals surface area contributed by atoms with E-state index in [-0.39, 0.29) is 13.0 Å². The van der Waals surface area contributed by atoms with Crippen LogP contribution in [0.4, 0.5) is 0 Å². The summed E-state index contributed by atoms with van der Waals surface area (Å²) in [7, 11) is 0. The molecule has 0 amide bonds. The van der Waals surface area contributed by atoms with Crippen LogP contribution in [0.15, 0.2) is 42.5 Å². The highest BCUT2D eigenvalue weighted by Crippen LogP contribution is 2.34. The number of carbonyl (C=O) groups is 2. The van der Waals surface area contributed by atoms with Crippen LogP contribution in [0.25, 0.3) is 0 Å². The lowest BCUT2D eigenvalue weighted by Crippen LogP contribution is -2.32. The van der Waals surface area contributed by atoms with E-state index in [0.717, 1.165) is 18.4 Å². The minimum Gasteiger partial charge on any atom is -0.480 e. The van der Waals surface area contributed by atoms with Gasteiger partial charge in [-0.25, -0.2) is 4.79 Å². The second kappa shape index (κ2) is 11.0.